The molecular formula is C15H21NO3. The lowest BCUT2D eigenvalue weighted by molar-refractivity contribution is 0.0314. The molecule has 19 heavy (non-hydrogen) atoms. The van der Waals surface area contributed by atoms with E-state index >= 15 is 0 Å². The molecular weight excluding hydrogens is 242 g/mol. The molecule has 0 N–H and O–H groups in total. The summed E-state index contributed by atoms with van der Waals surface area (Å²) in [7, 11) is 0. The summed E-state index contributed by atoms with van der Waals surface area (Å²) < 4.78 is 5.11. The molecule has 1 amide bonds. The Bertz CT molecular complexity index is 396. The molecule has 0 aliphatic heterocycles. The van der Waals surface area contributed by atoms with Crippen LogP contribution in [0.25, 0.3) is 0 Å². The lowest BCUT2D eigenvalue weighted by atomic mass is 10.0. The van der Waals surface area contributed by atoms with Crippen molar-refractivity contribution in [3.63, 3.8) is 0 Å². The van der Waals surface area contributed by atoms with Gasteiger partial charge in [0.2, 0.25) is 0 Å². The van der Waals surface area contributed by atoms with Gasteiger partial charge in [-0.1, -0.05) is 30.3 Å². The Kier molecular flexibility index (Phi) is 5.36. The van der Waals surface area contributed by atoms with Gasteiger partial charge in [0, 0.05) is 0 Å². The minimum atomic E-state index is -0.951. The van der Waals surface area contributed by atoms with Crippen molar-refractivity contribution in [2.45, 2.75) is 51.9 Å². The summed E-state index contributed by atoms with van der Waals surface area (Å²) >= 11 is 0. The zero-order valence-corrected chi connectivity index (χ0v) is 11.9. The molecule has 1 aromatic rings. The highest BCUT2D eigenvalue weighted by atomic mass is 16.6. The number of hydrogen-bond donors (Lipinski definition) is 0. The lowest BCUT2D eigenvalue weighted by Crippen LogP contribution is -2.40. The van der Waals surface area contributed by atoms with Crippen molar-refractivity contribution in [1.82, 2.24) is 5.32 Å². The van der Waals surface area contributed by atoms with Gasteiger partial charge in [0.25, 0.3) is 0 Å². The summed E-state index contributed by atoms with van der Waals surface area (Å²) in [6.07, 6.45) is -1.17. The van der Waals surface area contributed by atoms with Crippen LogP contribution in [-0.4, -0.2) is 23.8 Å². The summed E-state index contributed by atoms with van der Waals surface area (Å²) in [6, 6.07) is 8.94. The zero-order valence-electron chi connectivity index (χ0n) is 11.9. The van der Waals surface area contributed by atoms with Gasteiger partial charge in [0.05, 0.1) is 6.04 Å². The number of benzene rings is 1. The third kappa shape index (κ3) is 6.25. The molecule has 0 spiro atoms. The minimum absolute atomic E-state index is 0.449. The molecule has 4 heteroatoms. The number of carbonyl (C=O) groups excluding carboxylic acids is 1. The molecule has 1 rings (SSSR count). The molecule has 2 atom stereocenters. The number of hydrogen-bond acceptors (Lipinski definition) is 2. The molecule has 0 heterocycles. The van der Waals surface area contributed by atoms with E-state index in [9.17, 15) is 9.90 Å². The van der Waals surface area contributed by atoms with E-state index in [1.165, 1.54) is 6.92 Å². The molecule has 0 saturated heterocycles. The summed E-state index contributed by atoms with van der Waals surface area (Å²) in [4.78, 5) is 11.6. The molecule has 0 aromatic heterocycles. The van der Waals surface area contributed by atoms with Crippen molar-refractivity contribution in [2.75, 3.05) is 0 Å². The molecule has 0 aliphatic rings. The van der Waals surface area contributed by atoms with Crippen LogP contribution >= 0.6 is 0 Å². The van der Waals surface area contributed by atoms with E-state index in [2.05, 4.69) is 5.32 Å². The summed E-state index contributed by atoms with van der Waals surface area (Å²) in [6.45, 7) is 6.83. The third-order valence-corrected chi connectivity index (χ3v) is 2.49. The van der Waals surface area contributed by atoms with Gasteiger partial charge in [-0.15, -0.1) is 0 Å². The van der Waals surface area contributed by atoms with Crippen LogP contribution in [0, 0.1) is 0 Å². The van der Waals surface area contributed by atoms with E-state index in [0.29, 0.717) is 6.42 Å². The number of ether oxygens (including phenoxy) is 1. The average molecular weight is 263 g/mol. The van der Waals surface area contributed by atoms with E-state index in [1.807, 2.05) is 30.3 Å². The molecule has 4 nitrogen and oxygen atoms in total. The smallest absolute Gasteiger partial charge is 0.429 e. The van der Waals surface area contributed by atoms with Gasteiger partial charge in [0.15, 0.2) is 0 Å². The fourth-order valence-corrected chi connectivity index (χ4v) is 1.60. The molecule has 0 bridgehead atoms. The predicted octanol–water partition coefficient (Wildman–Crippen LogP) is 2.96. The number of amides is 1. The molecule has 0 saturated carbocycles. The van der Waals surface area contributed by atoms with Crippen molar-refractivity contribution in [2.24, 2.45) is 0 Å². The number of nitrogens with zero attached hydrogens (tertiary/aromatic N) is 1. The first-order chi connectivity index (χ1) is 8.78. The second kappa shape index (κ2) is 6.57. The van der Waals surface area contributed by atoms with E-state index in [0.717, 1.165) is 5.56 Å². The highest BCUT2D eigenvalue weighted by molar-refractivity contribution is 5.67. The Morgan fingerprint density at radius 1 is 1.26 bits per heavy atom. The maximum atomic E-state index is 11.6. The van der Waals surface area contributed by atoms with Gasteiger partial charge in [0.1, 0.15) is 11.7 Å². The van der Waals surface area contributed by atoms with Crippen LogP contribution < -0.4 is 5.32 Å². The van der Waals surface area contributed by atoms with Crippen molar-refractivity contribution >= 4 is 6.09 Å². The minimum Gasteiger partial charge on any atom is -0.442 e. The summed E-state index contributed by atoms with van der Waals surface area (Å²) in [5.74, 6) is 0. The maximum absolute atomic E-state index is 11.6. The lowest BCUT2D eigenvalue weighted by Gasteiger charge is -2.22. The highest BCUT2D eigenvalue weighted by Crippen LogP contribution is 2.11. The monoisotopic (exact) mass is 263 g/mol. The van der Waals surface area contributed by atoms with E-state index in [-0.39, 0.29) is 0 Å². The van der Waals surface area contributed by atoms with Gasteiger partial charge >= 0.3 is 6.09 Å². The average Bonchev–Trinajstić information content (AvgIpc) is 2.26. The Labute approximate surface area is 114 Å². The molecule has 2 radical (unpaired) electrons. The molecule has 0 aliphatic carbocycles. The third-order valence-electron chi connectivity index (χ3n) is 2.49. The van der Waals surface area contributed by atoms with Crippen molar-refractivity contribution in [3.8, 4) is 0 Å². The fraction of sp³-hybridized carbons (Fsp3) is 0.533. The normalized spacial score (nSPS) is 14.6. The Morgan fingerprint density at radius 2 is 1.84 bits per heavy atom. The van der Waals surface area contributed by atoms with Gasteiger partial charge in [-0.25, -0.2) is 15.2 Å². The van der Waals surface area contributed by atoms with Crippen LogP contribution in [0.4, 0.5) is 4.79 Å². The van der Waals surface area contributed by atoms with Crippen LogP contribution in [0.3, 0.4) is 0 Å². The van der Waals surface area contributed by atoms with Crippen molar-refractivity contribution in [3.05, 3.63) is 35.9 Å². The first-order valence-electron chi connectivity index (χ1n) is 6.41. The molecule has 0 unspecified atom stereocenters. The van der Waals surface area contributed by atoms with Crippen LogP contribution in [-0.2, 0) is 16.3 Å². The van der Waals surface area contributed by atoms with Crippen molar-refractivity contribution in [1.29, 1.82) is 0 Å². The predicted molar refractivity (Wildman–Crippen MR) is 72.5 cm³/mol. The number of rotatable bonds is 4. The van der Waals surface area contributed by atoms with Gasteiger partial charge in [-0.2, -0.15) is 0 Å². The van der Waals surface area contributed by atoms with Gasteiger partial charge in [-0.05, 0) is 39.7 Å². The summed E-state index contributed by atoms with van der Waals surface area (Å²) in [5.41, 5.74) is 0.395. The van der Waals surface area contributed by atoms with Crippen molar-refractivity contribution < 1.29 is 14.6 Å². The number of carbonyl (C=O) groups is 1. The SMILES string of the molecule is C[C@@H]([O])[C@H](Cc1ccccc1)[N]C(=O)OC(C)(C)C. The quantitative estimate of drug-likeness (QED) is 0.838. The zero-order chi connectivity index (χ0) is 14.5. The molecule has 1 aromatic carbocycles. The first kappa shape index (κ1) is 15.5. The first-order valence-corrected chi connectivity index (χ1v) is 6.41. The van der Waals surface area contributed by atoms with E-state index in [1.54, 1.807) is 20.8 Å². The van der Waals surface area contributed by atoms with E-state index in [4.69, 9.17) is 4.74 Å². The van der Waals surface area contributed by atoms with Crippen LogP contribution in [0.5, 0.6) is 0 Å². The van der Waals surface area contributed by atoms with Gasteiger partial charge in [-0.3, -0.25) is 0 Å². The largest absolute Gasteiger partial charge is 0.442 e. The van der Waals surface area contributed by atoms with Gasteiger partial charge < -0.3 is 4.74 Å². The Hall–Kier alpha value is -1.55. The Morgan fingerprint density at radius 3 is 2.32 bits per heavy atom. The highest BCUT2D eigenvalue weighted by Gasteiger charge is 2.25. The maximum Gasteiger partial charge on any atom is 0.429 e. The molecule has 104 valence electrons. The standard InChI is InChI=1S/C15H21NO3/c1-11(17)13(10-12-8-6-5-7-9-12)16-14(18)19-15(2,3)4/h5-9,11,13H,10H2,1-4H3/t11-,13+/m1/s1. The fourth-order valence-electron chi connectivity index (χ4n) is 1.60. The van der Waals surface area contributed by atoms with Crippen LogP contribution in [0.1, 0.15) is 33.3 Å². The van der Waals surface area contributed by atoms with E-state index < -0.39 is 23.8 Å². The second-order valence-electron chi connectivity index (χ2n) is 5.57. The molecule has 0 fully saturated rings. The topological polar surface area (TPSA) is 60.3 Å². The Balaban J connectivity index is 2.61. The second-order valence-corrected chi connectivity index (χ2v) is 5.57. The van der Waals surface area contributed by atoms with Crippen LogP contribution in [0.15, 0.2) is 30.3 Å². The van der Waals surface area contributed by atoms with Crippen LogP contribution in [0.2, 0.25) is 0 Å². The summed E-state index contributed by atoms with van der Waals surface area (Å²) in [5, 5.41) is 15.5.